The summed E-state index contributed by atoms with van der Waals surface area (Å²) in [6, 6.07) is 8.61. The Balaban J connectivity index is 1.90. The lowest BCUT2D eigenvalue weighted by molar-refractivity contribution is -0.121. The predicted molar refractivity (Wildman–Crippen MR) is 88.2 cm³/mol. The van der Waals surface area contributed by atoms with Crippen molar-refractivity contribution >= 4 is 11.6 Å². The highest BCUT2D eigenvalue weighted by Crippen LogP contribution is 2.29. The van der Waals surface area contributed by atoms with Crippen LogP contribution in [0, 0.1) is 11.8 Å². The minimum atomic E-state index is 0.191. The number of rotatable bonds is 5. The zero-order valence-corrected chi connectivity index (χ0v) is 13.5. The molecule has 1 aromatic carbocycles. The summed E-state index contributed by atoms with van der Waals surface area (Å²) in [5.74, 6) is 1.16. The standard InChI is InChI=1S/C18H28N2O/c1-13(2)19-12-15-5-4-6-17(11-15)20-18(21)16-9-7-14(3)8-10-16/h4-6,11,13-14,16,19H,7-10,12H2,1-3H3,(H,20,21). The van der Waals surface area contributed by atoms with E-state index in [4.69, 9.17) is 0 Å². The van der Waals surface area contributed by atoms with Crippen LogP contribution < -0.4 is 10.6 Å². The predicted octanol–water partition coefficient (Wildman–Crippen LogP) is 3.95. The molecule has 1 aliphatic carbocycles. The molecule has 0 heterocycles. The highest BCUT2D eigenvalue weighted by atomic mass is 16.1. The van der Waals surface area contributed by atoms with Gasteiger partial charge in [-0.3, -0.25) is 4.79 Å². The number of carbonyl (C=O) groups is 1. The smallest absolute Gasteiger partial charge is 0.227 e. The maximum absolute atomic E-state index is 12.3. The summed E-state index contributed by atoms with van der Waals surface area (Å²) in [4.78, 5) is 12.3. The van der Waals surface area contributed by atoms with Crippen molar-refractivity contribution < 1.29 is 4.79 Å². The van der Waals surface area contributed by atoms with Crippen LogP contribution >= 0.6 is 0 Å². The summed E-state index contributed by atoms with van der Waals surface area (Å²) in [5, 5.41) is 6.49. The van der Waals surface area contributed by atoms with Gasteiger partial charge in [-0.15, -0.1) is 0 Å². The Hall–Kier alpha value is -1.35. The number of carbonyl (C=O) groups excluding carboxylic acids is 1. The van der Waals surface area contributed by atoms with Crippen LogP contribution in [-0.4, -0.2) is 11.9 Å². The molecule has 21 heavy (non-hydrogen) atoms. The van der Waals surface area contributed by atoms with E-state index in [1.807, 2.05) is 12.1 Å². The Labute approximate surface area is 128 Å². The second kappa shape index (κ2) is 7.60. The fraction of sp³-hybridized carbons (Fsp3) is 0.611. The third kappa shape index (κ3) is 5.16. The van der Waals surface area contributed by atoms with Gasteiger partial charge in [-0.25, -0.2) is 0 Å². The molecule has 3 nitrogen and oxygen atoms in total. The summed E-state index contributed by atoms with van der Waals surface area (Å²) in [7, 11) is 0. The minimum absolute atomic E-state index is 0.191. The quantitative estimate of drug-likeness (QED) is 0.861. The number of amides is 1. The molecule has 1 aliphatic rings. The molecule has 1 fully saturated rings. The van der Waals surface area contributed by atoms with Crippen LogP contribution in [0.25, 0.3) is 0 Å². The second-order valence-corrected chi connectivity index (χ2v) is 6.68. The first-order valence-corrected chi connectivity index (χ1v) is 8.17. The van der Waals surface area contributed by atoms with Gasteiger partial charge in [0.05, 0.1) is 0 Å². The zero-order chi connectivity index (χ0) is 15.2. The Bertz CT molecular complexity index is 462. The van der Waals surface area contributed by atoms with Gasteiger partial charge < -0.3 is 10.6 Å². The molecule has 0 spiro atoms. The third-order valence-corrected chi connectivity index (χ3v) is 4.30. The van der Waals surface area contributed by atoms with Crippen LogP contribution in [0.4, 0.5) is 5.69 Å². The van der Waals surface area contributed by atoms with E-state index >= 15 is 0 Å². The molecule has 0 unspecified atom stereocenters. The molecule has 0 aromatic heterocycles. The van der Waals surface area contributed by atoms with Gasteiger partial charge in [-0.1, -0.05) is 32.9 Å². The van der Waals surface area contributed by atoms with E-state index in [-0.39, 0.29) is 11.8 Å². The van der Waals surface area contributed by atoms with Crippen molar-refractivity contribution in [1.82, 2.24) is 5.32 Å². The van der Waals surface area contributed by atoms with Crippen molar-refractivity contribution in [2.24, 2.45) is 11.8 Å². The summed E-state index contributed by atoms with van der Waals surface area (Å²) in [5.41, 5.74) is 2.13. The van der Waals surface area contributed by atoms with E-state index < -0.39 is 0 Å². The lowest BCUT2D eigenvalue weighted by Gasteiger charge is -2.25. The molecule has 0 bridgehead atoms. The molecule has 1 amide bonds. The lowest BCUT2D eigenvalue weighted by atomic mass is 9.82. The SMILES string of the molecule is CC1CCC(C(=O)Nc2cccc(CNC(C)C)c2)CC1. The fourth-order valence-corrected chi connectivity index (χ4v) is 2.85. The topological polar surface area (TPSA) is 41.1 Å². The van der Waals surface area contributed by atoms with Crippen LogP contribution in [0.5, 0.6) is 0 Å². The van der Waals surface area contributed by atoms with Crippen molar-refractivity contribution in [1.29, 1.82) is 0 Å². The molecule has 1 saturated carbocycles. The summed E-state index contributed by atoms with van der Waals surface area (Å²) >= 11 is 0. The van der Waals surface area contributed by atoms with E-state index in [9.17, 15) is 4.79 Å². The maximum Gasteiger partial charge on any atom is 0.227 e. The van der Waals surface area contributed by atoms with E-state index in [1.54, 1.807) is 0 Å². The molecule has 116 valence electrons. The van der Waals surface area contributed by atoms with Crippen molar-refractivity contribution in [3.05, 3.63) is 29.8 Å². The van der Waals surface area contributed by atoms with Crippen LogP contribution in [0.2, 0.25) is 0 Å². The Morgan fingerprint density at radius 1 is 1.24 bits per heavy atom. The van der Waals surface area contributed by atoms with Crippen LogP contribution in [0.1, 0.15) is 52.0 Å². The highest BCUT2D eigenvalue weighted by molar-refractivity contribution is 5.92. The summed E-state index contributed by atoms with van der Waals surface area (Å²) in [6.45, 7) is 7.38. The lowest BCUT2D eigenvalue weighted by Crippen LogP contribution is -2.26. The number of benzene rings is 1. The van der Waals surface area contributed by atoms with Gasteiger partial charge in [0.1, 0.15) is 0 Å². The zero-order valence-electron chi connectivity index (χ0n) is 13.5. The van der Waals surface area contributed by atoms with Gasteiger partial charge >= 0.3 is 0 Å². The van der Waals surface area contributed by atoms with E-state index in [1.165, 1.54) is 18.4 Å². The monoisotopic (exact) mass is 288 g/mol. The number of hydrogen-bond acceptors (Lipinski definition) is 2. The third-order valence-electron chi connectivity index (χ3n) is 4.30. The van der Waals surface area contributed by atoms with E-state index in [0.717, 1.165) is 31.0 Å². The molecule has 3 heteroatoms. The summed E-state index contributed by atoms with van der Waals surface area (Å²) < 4.78 is 0. The van der Waals surface area contributed by atoms with E-state index in [2.05, 4.69) is 43.5 Å². The van der Waals surface area contributed by atoms with Crippen LogP contribution in [0.15, 0.2) is 24.3 Å². The normalized spacial score (nSPS) is 22.3. The molecule has 2 rings (SSSR count). The van der Waals surface area contributed by atoms with Crippen molar-refractivity contribution in [2.45, 2.75) is 59.0 Å². The first-order valence-electron chi connectivity index (χ1n) is 8.17. The van der Waals surface area contributed by atoms with Crippen LogP contribution in [0.3, 0.4) is 0 Å². The maximum atomic E-state index is 12.3. The van der Waals surface area contributed by atoms with Gasteiger partial charge in [0.15, 0.2) is 0 Å². The fourth-order valence-electron chi connectivity index (χ4n) is 2.85. The Morgan fingerprint density at radius 2 is 1.95 bits per heavy atom. The molecule has 0 saturated heterocycles. The number of anilines is 1. The molecular formula is C18H28N2O. The van der Waals surface area contributed by atoms with Crippen molar-refractivity contribution in [3.8, 4) is 0 Å². The average molecular weight is 288 g/mol. The van der Waals surface area contributed by atoms with Gasteiger partial charge in [0.25, 0.3) is 0 Å². The number of hydrogen-bond donors (Lipinski definition) is 2. The molecule has 0 aliphatic heterocycles. The van der Waals surface area contributed by atoms with Crippen molar-refractivity contribution in [2.75, 3.05) is 5.32 Å². The van der Waals surface area contributed by atoms with Crippen molar-refractivity contribution in [3.63, 3.8) is 0 Å². The van der Waals surface area contributed by atoms with E-state index in [0.29, 0.717) is 6.04 Å². The first-order chi connectivity index (χ1) is 10.0. The largest absolute Gasteiger partial charge is 0.326 e. The molecule has 0 atom stereocenters. The molecule has 0 radical (unpaired) electrons. The van der Waals surface area contributed by atoms with Gasteiger partial charge in [-0.05, 0) is 49.3 Å². The van der Waals surface area contributed by atoms with Gasteiger partial charge in [0, 0.05) is 24.2 Å². The minimum Gasteiger partial charge on any atom is -0.326 e. The van der Waals surface area contributed by atoms with Gasteiger partial charge in [0.2, 0.25) is 5.91 Å². The molecular weight excluding hydrogens is 260 g/mol. The molecule has 2 N–H and O–H groups in total. The van der Waals surface area contributed by atoms with Crippen LogP contribution in [-0.2, 0) is 11.3 Å². The number of nitrogens with one attached hydrogen (secondary N) is 2. The molecule has 1 aromatic rings. The highest BCUT2D eigenvalue weighted by Gasteiger charge is 2.24. The summed E-state index contributed by atoms with van der Waals surface area (Å²) in [6.07, 6.45) is 4.41. The Kier molecular flexibility index (Phi) is 5.80. The Morgan fingerprint density at radius 3 is 2.62 bits per heavy atom. The second-order valence-electron chi connectivity index (χ2n) is 6.68. The average Bonchev–Trinajstić information content (AvgIpc) is 2.46. The van der Waals surface area contributed by atoms with Gasteiger partial charge in [-0.2, -0.15) is 0 Å². The first kappa shape index (κ1) is 16.0.